The summed E-state index contributed by atoms with van der Waals surface area (Å²) in [5, 5.41) is 11.2. The minimum Gasteiger partial charge on any atom is -0.326 e. The second-order valence-electron chi connectivity index (χ2n) is 7.37. The second-order valence-corrected chi connectivity index (χ2v) is 7.37. The van der Waals surface area contributed by atoms with Gasteiger partial charge in [0.1, 0.15) is 0 Å². The summed E-state index contributed by atoms with van der Waals surface area (Å²) in [5.74, 6) is 1.17. The smallest absolute Gasteiger partial charge is 0.224 e. The lowest BCUT2D eigenvalue weighted by Gasteiger charge is -2.21. The Morgan fingerprint density at radius 1 is 1.28 bits per heavy atom. The molecule has 0 bridgehead atoms. The van der Waals surface area contributed by atoms with Crippen molar-refractivity contribution in [2.75, 3.05) is 5.32 Å². The van der Waals surface area contributed by atoms with Crippen LogP contribution in [0.3, 0.4) is 0 Å². The van der Waals surface area contributed by atoms with Gasteiger partial charge >= 0.3 is 0 Å². The summed E-state index contributed by atoms with van der Waals surface area (Å²) in [7, 11) is 0. The molecule has 0 radical (unpaired) electrons. The third-order valence-corrected chi connectivity index (χ3v) is 5.05. The fraction of sp³-hybridized carbons (Fsp3) is 0.550. The number of nitrogens with zero attached hydrogens (tertiary/aromatic N) is 3. The molecule has 0 unspecified atom stereocenters. The van der Waals surface area contributed by atoms with Gasteiger partial charge in [-0.05, 0) is 36.5 Å². The Morgan fingerprint density at radius 3 is 2.84 bits per heavy atom. The largest absolute Gasteiger partial charge is 0.326 e. The van der Waals surface area contributed by atoms with Gasteiger partial charge in [0.2, 0.25) is 5.91 Å². The molecule has 1 heterocycles. The standard InChI is InChI=1S/C20H28N4O/c1-15(2)19-14-21-23-24(19)18-10-6-9-17(13-18)22-20(25)12-11-16-7-4-3-5-8-16/h6,9-10,13-16H,3-5,7-8,11-12H2,1-2H3,(H,22,25). The van der Waals surface area contributed by atoms with Crippen molar-refractivity contribution in [2.45, 2.75) is 64.7 Å². The number of anilines is 1. The number of benzene rings is 1. The SMILES string of the molecule is CC(C)c1cnnn1-c1cccc(NC(=O)CCC2CCCCC2)c1. The van der Waals surface area contributed by atoms with Crippen LogP contribution in [0.2, 0.25) is 0 Å². The highest BCUT2D eigenvalue weighted by Crippen LogP contribution is 2.27. The van der Waals surface area contributed by atoms with Crippen LogP contribution in [0.1, 0.15) is 70.4 Å². The monoisotopic (exact) mass is 340 g/mol. The van der Waals surface area contributed by atoms with Crippen LogP contribution in [-0.2, 0) is 4.79 Å². The molecule has 1 aliphatic carbocycles. The van der Waals surface area contributed by atoms with Crippen LogP contribution in [0.15, 0.2) is 30.5 Å². The lowest BCUT2D eigenvalue weighted by Crippen LogP contribution is -2.15. The molecule has 1 N–H and O–H groups in total. The van der Waals surface area contributed by atoms with Crippen LogP contribution in [0.25, 0.3) is 5.69 Å². The average Bonchev–Trinajstić information content (AvgIpc) is 3.11. The Labute approximate surface area is 149 Å². The van der Waals surface area contributed by atoms with Crippen molar-refractivity contribution < 1.29 is 4.79 Å². The van der Waals surface area contributed by atoms with Gasteiger partial charge in [-0.2, -0.15) is 0 Å². The van der Waals surface area contributed by atoms with E-state index >= 15 is 0 Å². The first-order chi connectivity index (χ1) is 12.1. The van der Waals surface area contributed by atoms with Gasteiger partial charge in [-0.15, -0.1) is 5.10 Å². The van der Waals surface area contributed by atoms with E-state index in [0.717, 1.165) is 29.4 Å². The highest BCUT2D eigenvalue weighted by Gasteiger charge is 2.15. The summed E-state index contributed by atoms with van der Waals surface area (Å²) < 4.78 is 1.84. The van der Waals surface area contributed by atoms with E-state index in [1.54, 1.807) is 6.20 Å². The van der Waals surface area contributed by atoms with Gasteiger partial charge < -0.3 is 5.32 Å². The molecule has 134 valence electrons. The zero-order valence-corrected chi connectivity index (χ0v) is 15.2. The molecule has 0 spiro atoms. The van der Waals surface area contributed by atoms with Gasteiger partial charge in [0, 0.05) is 12.1 Å². The summed E-state index contributed by atoms with van der Waals surface area (Å²) in [6.45, 7) is 4.23. The average molecular weight is 340 g/mol. The Morgan fingerprint density at radius 2 is 2.08 bits per heavy atom. The van der Waals surface area contributed by atoms with Crippen molar-refractivity contribution in [3.8, 4) is 5.69 Å². The normalized spacial score (nSPS) is 15.5. The molecule has 25 heavy (non-hydrogen) atoms. The van der Waals surface area contributed by atoms with E-state index in [-0.39, 0.29) is 5.91 Å². The van der Waals surface area contributed by atoms with Crippen molar-refractivity contribution >= 4 is 11.6 Å². The highest BCUT2D eigenvalue weighted by molar-refractivity contribution is 5.90. The Balaban J connectivity index is 1.61. The topological polar surface area (TPSA) is 59.8 Å². The zero-order valence-electron chi connectivity index (χ0n) is 15.2. The number of rotatable bonds is 6. The number of amides is 1. The van der Waals surface area contributed by atoms with E-state index < -0.39 is 0 Å². The van der Waals surface area contributed by atoms with Crippen LogP contribution in [0.5, 0.6) is 0 Å². The first-order valence-electron chi connectivity index (χ1n) is 9.44. The second kappa shape index (κ2) is 8.28. The fourth-order valence-electron chi connectivity index (χ4n) is 3.59. The van der Waals surface area contributed by atoms with E-state index in [1.807, 2.05) is 28.9 Å². The molecular weight excluding hydrogens is 312 g/mol. The van der Waals surface area contributed by atoms with Crippen molar-refractivity contribution in [3.63, 3.8) is 0 Å². The van der Waals surface area contributed by atoms with E-state index in [9.17, 15) is 4.79 Å². The third-order valence-electron chi connectivity index (χ3n) is 5.05. The number of hydrogen-bond donors (Lipinski definition) is 1. The molecule has 5 heteroatoms. The maximum absolute atomic E-state index is 12.3. The Hall–Kier alpha value is -2.17. The maximum Gasteiger partial charge on any atom is 0.224 e. The molecular formula is C20H28N4O. The van der Waals surface area contributed by atoms with Gasteiger partial charge in [-0.25, -0.2) is 4.68 Å². The van der Waals surface area contributed by atoms with Gasteiger partial charge in [0.05, 0.1) is 17.6 Å². The quantitative estimate of drug-likeness (QED) is 0.830. The van der Waals surface area contributed by atoms with Gasteiger partial charge in [-0.1, -0.05) is 57.2 Å². The number of carbonyl (C=O) groups excluding carboxylic acids is 1. The molecule has 1 amide bonds. The molecule has 5 nitrogen and oxygen atoms in total. The molecule has 1 aromatic carbocycles. The first-order valence-corrected chi connectivity index (χ1v) is 9.44. The summed E-state index contributed by atoms with van der Waals surface area (Å²) >= 11 is 0. The van der Waals surface area contributed by atoms with Crippen molar-refractivity contribution in [1.82, 2.24) is 15.0 Å². The van der Waals surface area contributed by atoms with Crippen LogP contribution in [0.4, 0.5) is 5.69 Å². The van der Waals surface area contributed by atoms with Crippen LogP contribution < -0.4 is 5.32 Å². The van der Waals surface area contributed by atoms with Gasteiger partial charge in [0.15, 0.2) is 0 Å². The zero-order chi connectivity index (χ0) is 17.6. The predicted octanol–water partition coefficient (Wildman–Crippen LogP) is 4.69. The molecule has 0 atom stereocenters. The lowest BCUT2D eigenvalue weighted by molar-refractivity contribution is -0.116. The molecule has 1 saturated carbocycles. The summed E-state index contributed by atoms with van der Waals surface area (Å²) in [6.07, 6.45) is 9.98. The van der Waals surface area contributed by atoms with Crippen LogP contribution in [0, 0.1) is 5.92 Å². The van der Waals surface area contributed by atoms with E-state index in [0.29, 0.717) is 12.3 Å². The first kappa shape index (κ1) is 17.6. The minimum atomic E-state index is 0.102. The minimum absolute atomic E-state index is 0.102. The van der Waals surface area contributed by atoms with E-state index in [1.165, 1.54) is 32.1 Å². The number of hydrogen-bond acceptors (Lipinski definition) is 3. The fourth-order valence-corrected chi connectivity index (χ4v) is 3.59. The summed E-state index contributed by atoms with van der Waals surface area (Å²) in [4.78, 5) is 12.3. The molecule has 2 aromatic rings. The highest BCUT2D eigenvalue weighted by atomic mass is 16.1. The molecule has 1 fully saturated rings. The molecule has 0 saturated heterocycles. The van der Waals surface area contributed by atoms with Crippen LogP contribution in [-0.4, -0.2) is 20.9 Å². The van der Waals surface area contributed by atoms with Crippen molar-refractivity contribution in [1.29, 1.82) is 0 Å². The predicted molar refractivity (Wildman–Crippen MR) is 99.9 cm³/mol. The van der Waals surface area contributed by atoms with Gasteiger partial charge in [0.25, 0.3) is 0 Å². The molecule has 1 aliphatic rings. The Kier molecular flexibility index (Phi) is 5.84. The van der Waals surface area contributed by atoms with Crippen molar-refractivity contribution in [2.24, 2.45) is 5.92 Å². The molecule has 1 aromatic heterocycles. The maximum atomic E-state index is 12.3. The molecule has 0 aliphatic heterocycles. The van der Waals surface area contributed by atoms with E-state index in [4.69, 9.17) is 0 Å². The summed E-state index contributed by atoms with van der Waals surface area (Å²) in [6, 6.07) is 7.81. The molecule has 3 rings (SSSR count). The number of carbonyl (C=O) groups is 1. The third kappa shape index (κ3) is 4.68. The van der Waals surface area contributed by atoms with Crippen LogP contribution >= 0.6 is 0 Å². The number of nitrogens with one attached hydrogen (secondary N) is 1. The number of aromatic nitrogens is 3. The lowest BCUT2D eigenvalue weighted by atomic mass is 9.86. The summed E-state index contributed by atoms with van der Waals surface area (Å²) in [5.41, 5.74) is 2.79. The van der Waals surface area contributed by atoms with Crippen molar-refractivity contribution in [3.05, 3.63) is 36.2 Å². The van der Waals surface area contributed by atoms with Gasteiger partial charge in [-0.3, -0.25) is 4.79 Å². The Bertz CT molecular complexity index is 701. The van der Waals surface area contributed by atoms with E-state index in [2.05, 4.69) is 29.5 Å².